The van der Waals surface area contributed by atoms with Crippen LogP contribution in [0.3, 0.4) is 0 Å². The summed E-state index contributed by atoms with van der Waals surface area (Å²) in [6.45, 7) is 9.07. The van der Waals surface area contributed by atoms with Crippen molar-refractivity contribution in [1.29, 1.82) is 0 Å². The average Bonchev–Trinajstić information content (AvgIpc) is 2.75. The molecule has 0 spiro atoms. The zero-order chi connectivity index (χ0) is 15.2. The van der Waals surface area contributed by atoms with E-state index in [4.69, 9.17) is 0 Å². The number of rotatable bonds is 9. The molecular formula is C13H26N4O2S. The van der Waals surface area contributed by atoms with E-state index in [0.29, 0.717) is 12.1 Å². The van der Waals surface area contributed by atoms with E-state index in [1.165, 1.54) is 0 Å². The summed E-state index contributed by atoms with van der Waals surface area (Å²) in [7, 11) is -3.56. The van der Waals surface area contributed by atoms with E-state index in [1.807, 2.05) is 20.8 Å². The average molecular weight is 302 g/mol. The number of nitrogens with zero attached hydrogens (tertiary/aromatic N) is 1. The molecule has 0 fully saturated rings. The molecular weight excluding hydrogens is 276 g/mol. The number of nitrogens with one attached hydrogen (secondary N) is 3. The maximum Gasteiger partial charge on any atom is 0.260 e. The Balaban J connectivity index is 2.86. The molecule has 0 saturated heterocycles. The van der Waals surface area contributed by atoms with E-state index in [-0.39, 0.29) is 11.1 Å². The van der Waals surface area contributed by atoms with Crippen molar-refractivity contribution in [1.82, 2.24) is 20.2 Å². The van der Waals surface area contributed by atoms with Gasteiger partial charge in [0.1, 0.15) is 0 Å². The zero-order valence-electron chi connectivity index (χ0n) is 12.8. The van der Waals surface area contributed by atoms with E-state index in [9.17, 15) is 8.42 Å². The number of sulfonamides is 1. The molecule has 0 aromatic carbocycles. The summed E-state index contributed by atoms with van der Waals surface area (Å²) in [5.41, 5.74) is 1.49. The molecule has 0 aliphatic heterocycles. The Morgan fingerprint density at radius 2 is 2.05 bits per heavy atom. The van der Waals surface area contributed by atoms with Crippen molar-refractivity contribution in [3.63, 3.8) is 0 Å². The van der Waals surface area contributed by atoms with Crippen molar-refractivity contribution < 1.29 is 8.42 Å². The SMILES string of the molecule is CCCCC(C)NS(=O)(=O)c1n[nH]c(C)c1CNCC. The molecule has 1 atom stereocenters. The number of aromatic nitrogens is 2. The number of unbranched alkanes of at least 4 members (excludes halogenated alkanes) is 1. The van der Waals surface area contributed by atoms with Gasteiger partial charge in [-0.1, -0.05) is 26.7 Å². The Kier molecular flexibility index (Phi) is 6.64. The van der Waals surface area contributed by atoms with Gasteiger partial charge in [-0.05, 0) is 26.8 Å². The maximum absolute atomic E-state index is 12.4. The van der Waals surface area contributed by atoms with Gasteiger partial charge in [-0.25, -0.2) is 13.1 Å². The Bertz CT molecular complexity index is 510. The molecule has 1 aromatic heterocycles. The first kappa shape index (κ1) is 17.1. The van der Waals surface area contributed by atoms with Gasteiger partial charge in [0, 0.05) is 23.8 Å². The third-order valence-electron chi connectivity index (χ3n) is 3.19. The molecule has 0 bridgehead atoms. The van der Waals surface area contributed by atoms with Crippen LogP contribution in [0.2, 0.25) is 0 Å². The second-order valence-corrected chi connectivity index (χ2v) is 6.71. The molecule has 1 heterocycles. The summed E-state index contributed by atoms with van der Waals surface area (Å²) in [6.07, 6.45) is 2.90. The van der Waals surface area contributed by atoms with Gasteiger partial charge in [0.25, 0.3) is 10.0 Å². The number of aryl methyl sites for hydroxylation is 1. The van der Waals surface area contributed by atoms with Gasteiger partial charge in [0.15, 0.2) is 5.03 Å². The van der Waals surface area contributed by atoms with Gasteiger partial charge < -0.3 is 5.32 Å². The van der Waals surface area contributed by atoms with Crippen LogP contribution in [0, 0.1) is 6.92 Å². The van der Waals surface area contributed by atoms with E-state index in [1.54, 1.807) is 0 Å². The predicted octanol–water partition coefficient (Wildman–Crippen LogP) is 1.68. The Morgan fingerprint density at radius 1 is 1.35 bits per heavy atom. The van der Waals surface area contributed by atoms with Crippen LogP contribution in [0.5, 0.6) is 0 Å². The van der Waals surface area contributed by atoms with E-state index >= 15 is 0 Å². The molecule has 1 aromatic rings. The molecule has 0 saturated carbocycles. The molecule has 0 aliphatic carbocycles. The van der Waals surface area contributed by atoms with Gasteiger partial charge >= 0.3 is 0 Å². The van der Waals surface area contributed by atoms with Gasteiger partial charge in [-0.15, -0.1) is 0 Å². The topological polar surface area (TPSA) is 86.9 Å². The van der Waals surface area contributed by atoms with Crippen molar-refractivity contribution in [2.45, 2.75) is 64.6 Å². The first-order valence-corrected chi connectivity index (χ1v) is 8.67. The van der Waals surface area contributed by atoms with Crippen LogP contribution >= 0.6 is 0 Å². The standard InChI is InChI=1S/C13H26N4O2S/c1-5-7-8-10(3)17-20(18,19)13-12(9-14-6-2)11(4)15-16-13/h10,14,17H,5-9H2,1-4H3,(H,15,16). The summed E-state index contributed by atoms with van der Waals surface area (Å²) < 4.78 is 27.5. The fourth-order valence-electron chi connectivity index (χ4n) is 2.00. The highest BCUT2D eigenvalue weighted by atomic mass is 32.2. The van der Waals surface area contributed by atoms with Crippen LogP contribution in [0.25, 0.3) is 0 Å². The zero-order valence-corrected chi connectivity index (χ0v) is 13.6. The van der Waals surface area contributed by atoms with Crippen LogP contribution in [0.1, 0.15) is 51.3 Å². The van der Waals surface area contributed by atoms with Gasteiger partial charge in [0.05, 0.1) is 0 Å². The van der Waals surface area contributed by atoms with Gasteiger partial charge in [-0.3, -0.25) is 5.10 Å². The molecule has 0 aliphatic rings. The number of hydrogen-bond donors (Lipinski definition) is 3. The fraction of sp³-hybridized carbons (Fsp3) is 0.769. The lowest BCUT2D eigenvalue weighted by molar-refractivity contribution is 0.530. The lowest BCUT2D eigenvalue weighted by Crippen LogP contribution is -2.33. The minimum Gasteiger partial charge on any atom is -0.313 e. The van der Waals surface area contributed by atoms with Crippen LogP contribution in [-0.4, -0.2) is 31.2 Å². The third-order valence-corrected chi connectivity index (χ3v) is 4.75. The van der Waals surface area contributed by atoms with Crippen LogP contribution in [0.4, 0.5) is 0 Å². The van der Waals surface area contributed by atoms with Crippen molar-refractivity contribution in [3.8, 4) is 0 Å². The van der Waals surface area contributed by atoms with Crippen molar-refractivity contribution in [2.24, 2.45) is 0 Å². The highest BCUT2D eigenvalue weighted by Gasteiger charge is 2.24. The molecule has 0 radical (unpaired) electrons. The largest absolute Gasteiger partial charge is 0.313 e. The quantitative estimate of drug-likeness (QED) is 0.648. The summed E-state index contributed by atoms with van der Waals surface area (Å²) in [5.74, 6) is 0. The van der Waals surface area contributed by atoms with Crippen LogP contribution in [0.15, 0.2) is 5.03 Å². The van der Waals surface area contributed by atoms with Gasteiger partial charge in [0.2, 0.25) is 0 Å². The molecule has 20 heavy (non-hydrogen) atoms. The first-order chi connectivity index (χ1) is 9.42. The highest BCUT2D eigenvalue weighted by molar-refractivity contribution is 7.89. The van der Waals surface area contributed by atoms with Gasteiger partial charge in [-0.2, -0.15) is 5.10 Å². The monoisotopic (exact) mass is 302 g/mol. The minimum atomic E-state index is -3.56. The summed E-state index contributed by atoms with van der Waals surface area (Å²) in [4.78, 5) is 0. The Morgan fingerprint density at radius 3 is 2.65 bits per heavy atom. The summed E-state index contributed by atoms with van der Waals surface area (Å²) in [6, 6.07) is -0.0797. The smallest absolute Gasteiger partial charge is 0.260 e. The lowest BCUT2D eigenvalue weighted by Gasteiger charge is -2.13. The number of hydrogen-bond acceptors (Lipinski definition) is 4. The summed E-state index contributed by atoms with van der Waals surface area (Å²) >= 11 is 0. The Hall–Kier alpha value is -0.920. The molecule has 3 N–H and O–H groups in total. The maximum atomic E-state index is 12.4. The Labute approximate surface area is 121 Å². The molecule has 0 amide bonds. The van der Waals surface area contributed by atoms with E-state index in [0.717, 1.165) is 31.5 Å². The fourth-order valence-corrected chi connectivity index (χ4v) is 3.48. The van der Waals surface area contributed by atoms with Crippen LogP contribution < -0.4 is 10.0 Å². The second kappa shape index (κ2) is 7.75. The first-order valence-electron chi connectivity index (χ1n) is 7.19. The third kappa shape index (κ3) is 4.57. The van der Waals surface area contributed by atoms with Crippen molar-refractivity contribution in [2.75, 3.05) is 6.54 Å². The van der Waals surface area contributed by atoms with Crippen molar-refractivity contribution >= 4 is 10.0 Å². The molecule has 6 nitrogen and oxygen atoms in total. The normalized spacial score (nSPS) is 13.6. The molecule has 116 valence electrons. The number of aromatic amines is 1. The van der Waals surface area contributed by atoms with E-state index in [2.05, 4.69) is 27.2 Å². The molecule has 1 unspecified atom stereocenters. The van der Waals surface area contributed by atoms with E-state index < -0.39 is 10.0 Å². The molecule has 7 heteroatoms. The molecule has 1 rings (SSSR count). The van der Waals surface area contributed by atoms with Crippen LogP contribution in [-0.2, 0) is 16.6 Å². The number of H-pyrrole nitrogens is 1. The highest BCUT2D eigenvalue weighted by Crippen LogP contribution is 2.17. The predicted molar refractivity (Wildman–Crippen MR) is 80.0 cm³/mol. The lowest BCUT2D eigenvalue weighted by atomic mass is 10.2. The van der Waals surface area contributed by atoms with Crippen molar-refractivity contribution in [3.05, 3.63) is 11.3 Å². The minimum absolute atomic E-state index is 0.0797. The second-order valence-electron chi connectivity index (χ2n) is 5.08. The summed E-state index contributed by atoms with van der Waals surface area (Å²) in [5, 5.41) is 9.97.